The lowest BCUT2D eigenvalue weighted by Gasteiger charge is -2.27. The summed E-state index contributed by atoms with van der Waals surface area (Å²) in [5.74, 6) is -0.437. The molecule has 2 aromatic rings. The van der Waals surface area contributed by atoms with E-state index < -0.39 is 10.0 Å². The molecule has 2 rings (SSSR count). The Kier molecular flexibility index (Phi) is 9.26. The topological polar surface area (TPSA) is 70.6 Å². The summed E-state index contributed by atoms with van der Waals surface area (Å²) < 4.78 is 27.4. The smallest absolute Gasteiger partial charge is 0.243 e. The zero-order valence-electron chi connectivity index (χ0n) is 17.7. The van der Waals surface area contributed by atoms with Gasteiger partial charge < -0.3 is 4.90 Å². The predicted octanol–water partition coefficient (Wildman–Crippen LogP) is 4.16. The van der Waals surface area contributed by atoms with E-state index in [-0.39, 0.29) is 18.2 Å². The van der Waals surface area contributed by atoms with Crippen molar-refractivity contribution in [2.45, 2.75) is 33.7 Å². The van der Waals surface area contributed by atoms with Crippen LogP contribution in [-0.2, 0) is 21.4 Å². The lowest BCUT2D eigenvalue weighted by atomic mass is 10.2. The molecule has 0 aliphatic carbocycles. The van der Waals surface area contributed by atoms with Gasteiger partial charge in [-0.2, -0.15) is 0 Å². The third kappa shape index (κ3) is 7.11. The first-order valence-corrected chi connectivity index (χ1v) is 12.4. The van der Waals surface area contributed by atoms with Gasteiger partial charge in [-0.15, -0.1) is 11.3 Å². The Morgan fingerprint density at radius 1 is 1.13 bits per heavy atom. The quantitative estimate of drug-likeness (QED) is 0.485. The predicted molar refractivity (Wildman–Crippen MR) is 124 cm³/mol. The number of hydrogen-bond donors (Lipinski definition) is 0. The molecule has 0 saturated heterocycles. The van der Waals surface area contributed by atoms with Crippen molar-refractivity contribution in [2.75, 3.05) is 23.1 Å². The van der Waals surface area contributed by atoms with Gasteiger partial charge in [0.2, 0.25) is 15.9 Å². The lowest BCUT2D eigenvalue weighted by Crippen LogP contribution is -2.43. The van der Waals surface area contributed by atoms with E-state index in [9.17, 15) is 13.2 Å². The van der Waals surface area contributed by atoms with Crippen LogP contribution < -0.4 is 4.31 Å². The fourth-order valence-corrected chi connectivity index (χ4v) is 4.63. The number of nitrogens with zero attached hydrogens (tertiary/aromatic N) is 3. The maximum atomic E-state index is 13.1. The van der Waals surface area contributed by atoms with Crippen molar-refractivity contribution in [3.05, 3.63) is 70.7 Å². The summed E-state index contributed by atoms with van der Waals surface area (Å²) in [7, 11) is -3.72. The Hall–Kier alpha value is -2.45. The Balaban J connectivity index is 2.24. The number of carbonyl (C=O) groups is 1. The normalized spacial score (nSPS) is 12.0. The first kappa shape index (κ1) is 23.8. The molecule has 0 bridgehead atoms. The standard InChI is InChI=1S/C22H29N3O3S2/c1-4-6-7-8-9-16-30(27,28)25(20-12-10-19(3)11-13-20)18-22(26)24(5-2)17-21-23-14-15-29-21/h6-15H,4-5,16-18H2,1-3H3/b7-6-,9-8-. The average molecular weight is 448 g/mol. The van der Waals surface area contributed by atoms with E-state index in [2.05, 4.69) is 4.98 Å². The van der Waals surface area contributed by atoms with Crippen LogP contribution in [0.15, 0.2) is 60.1 Å². The third-order valence-corrected chi connectivity index (χ3v) is 6.80. The highest BCUT2D eigenvalue weighted by Crippen LogP contribution is 2.20. The number of amides is 1. The van der Waals surface area contributed by atoms with Gasteiger partial charge in [-0.1, -0.05) is 48.9 Å². The fraction of sp³-hybridized carbons (Fsp3) is 0.364. The summed E-state index contributed by atoms with van der Waals surface area (Å²) in [5.41, 5.74) is 1.50. The molecule has 6 nitrogen and oxygen atoms in total. The van der Waals surface area contributed by atoms with Crippen LogP contribution in [0.4, 0.5) is 5.69 Å². The van der Waals surface area contributed by atoms with Gasteiger partial charge in [0.15, 0.2) is 0 Å². The molecule has 1 aromatic carbocycles. The molecule has 30 heavy (non-hydrogen) atoms. The first-order chi connectivity index (χ1) is 14.4. The van der Waals surface area contributed by atoms with E-state index in [1.165, 1.54) is 15.6 Å². The molecular formula is C22H29N3O3S2. The van der Waals surface area contributed by atoms with Gasteiger partial charge in [0.05, 0.1) is 18.0 Å². The minimum atomic E-state index is -3.72. The van der Waals surface area contributed by atoms with Crippen LogP contribution in [0.5, 0.6) is 0 Å². The Morgan fingerprint density at radius 2 is 1.83 bits per heavy atom. The maximum Gasteiger partial charge on any atom is 0.243 e. The number of carbonyl (C=O) groups excluding carboxylic acids is 1. The number of hydrogen-bond acceptors (Lipinski definition) is 5. The molecule has 1 heterocycles. The molecule has 0 aliphatic heterocycles. The van der Waals surface area contributed by atoms with E-state index in [1.54, 1.807) is 35.4 Å². The van der Waals surface area contributed by atoms with Gasteiger partial charge in [0.1, 0.15) is 11.6 Å². The van der Waals surface area contributed by atoms with Gasteiger partial charge in [-0.3, -0.25) is 9.10 Å². The molecule has 1 amide bonds. The molecule has 8 heteroatoms. The van der Waals surface area contributed by atoms with Crippen LogP contribution in [0.25, 0.3) is 0 Å². The van der Waals surface area contributed by atoms with Crippen molar-refractivity contribution in [3.63, 3.8) is 0 Å². The number of rotatable bonds is 11. The Labute approximate surface area is 183 Å². The summed E-state index contributed by atoms with van der Waals surface area (Å²) in [5, 5.41) is 2.68. The fourth-order valence-electron chi connectivity index (χ4n) is 2.72. The van der Waals surface area contributed by atoms with Gasteiger partial charge in [0, 0.05) is 18.1 Å². The van der Waals surface area contributed by atoms with E-state index in [4.69, 9.17) is 0 Å². The van der Waals surface area contributed by atoms with Gasteiger partial charge in [0.25, 0.3) is 0 Å². The monoisotopic (exact) mass is 447 g/mol. The van der Waals surface area contributed by atoms with Gasteiger partial charge >= 0.3 is 0 Å². The lowest BCUT2D eigenvalue weighted by molar-refractivity contribution is -0.129. The number of sulfonamides is 1. The molecule has 0 N–H and O–H groups in total. The second-order valence-electron chi connectivity index (χ2n) is 6.72. The summed E-state index contributed by atoms with van der Waals surface area (Å²) in [6.07, 6.45) is 9.66. The number of thiazole rings is 1. The largest absolute Gasteiger partial charge is 0.335 e. The van der Waals surface area contributed by atoms with Gasteiger partial charge in [-0.25, -0.2) is 13.4 Å². The van der Waals surface area contributed by atoms with Crippen molar-refractivity contribution in [2.24, 2.45) is 0 Å². The zero-order valence-corrected chi connectivity index (χ0v) is 19.3. The van der Waals surface area contributed by atoms with Crippen LogP contribution in [0.1, 0.15) is 30.8 Å². The van der Waals surface area contributed by atoms with Crippen molar-refractivity contribution < 1.29 is 13.2 Å². The maximum absolute atomic E-state index is 13.1. The number of aryl methyl sites for hydroxylation is 1. The molecule has 0 fully saturated rings. The SMILES string of the molecule is CC/C=C\C=C/CS(=O)(=O)N(CC(=O)N(CC)Cc1nccs1)c1ccc(C)cc1. The van der Waals surface area contributed by atoms with Crippen molar-refractivity contribution in [1.82, 2.24) is 9.88 Å². The van der Waals surface area contributed by atoms with Gasteiger partial charge in [-0.05, 0) is 32.4 Å². The van der Waals surface area contributed by atoms with Crippen LogP contribution in [0, 0.1) is 6.92 Å². The number of benzene rings is 1. The zero-order chi connectivity index (χ0) is 22.0. The minimum absolute atomic E-state index is 0.180. The summed E-state index contributed by atoms with van der Waals surface area (Å²) in [6.45, 7) is 6.42. The average Bonchev–Trinajstić information content (AvgIpc) is 3.24. The second kappa shape index (κ2) is 11.7. The number of allylic oxidation sites excluding steroid dienone is 3. The Morgan fingerprint density at radius 3 is 2.43 bits per heavy atom. The second-order valence-corrected chi connectivity index (χ2v) is 9.64. The minimum Gasteiger partial charge on any atom is -0.335 e. The van der Waals surface area contributed by atoms with Crippen LogP contribution in [0.3, 0.4) is 0 Å². The van der Waals surface area contributed by atoms with Crippen molar-refractivity contribution in [1.29, 1.82) is 0 Å². The molecule has 0 saturated carbocycles. The molecule has 0 aliphatic rings. The number of likely N-dealkylation sites (N-methyl/N-ethyl adjacent to an activating group) is 1. The van der Waals surface area contributed by atoms with Crippen LogP contribution >= 0.6 is 11.3 Å². The van der Waals surface area contributed by atoms with Crippen LogP contribution in [0.2, 0.25) is 0 Å². The molecule has 162 valence electrons. The molecular weight excluding hydrogens is 418 g/mol. The number of anilines is 1. The molecule has 0 spiro atoms. The van der Waals surface area contributed by atoms with E-state index in [1.807, 2.05) is 50.4 Å². The highest BCUT2D eigenvalue weighted by molar-refractivity contribution is 7.92. The van der Waals surface area contributed by atoms with E-state index >= 15 is 0 Å². The summed E-state index contributed by atoms with van der Waals surface area (Å²) >= 11 is 1.47. The molecule has 0 radical (unpaired) electrons. The van der Waals surface area contributed by atoms with E-state index in [0.29, 0.717) is 18.8 Å². The first-order valence-electron chi connectivity index (χ1n) is 9.92. The molecule has 0 unspecified atom stereocenters. The third-order valence-electron chi connectivity index (χ3n) is 4.41. The van der Waals surface area contributed by atoms with Crippen molar-refractivity contribution >= 4 is 33.0 Å². The van der Waals surface area contributed by atoms with Crippen molar-refractivity contribution in [3.8, 4) is 0 Å². The molecule has 1 aromatic heterocycles. The summed E-state index contributed by atoms with van der Waals surface area (Å²) in [4.78, 5) is 18.8. The van der Waals surface area contributed by atoms with Crippen LogP contribution in [-0.4, -0.2) is 43.1 Å². The number of aromatic nitrogens is 1. The molecule has 0 atom stereocenters. The van der Waals surface area contributed by atoms with E-state index in [0.717, 1.165) is 17.0 Å². The highest BCUT2D eigenvalue weighted by Gasteiger charge is 2.26. The summed E-state index contributed by atoms with van der Waals surface area (Å²) in [6, 6.07) is 7.15. The Bertz CT molecular complexity index is 950. The highest BCUT2D eigenvalue weighted by atomic mass is 32.2.